The summed E-state index contributed by atoms with van der Waals surface area (Å²) >= 11 is 1.68. The molecule has 0 saturated carbocycles. The molecule has 2 fully saturated rings. The van der Waals surface area contributed by atoms with Crippen LogP contribution in [0.3, 0.4) is 0 Å². The SMILES string of the molecule is CCCC1CCc2sc(C(=O)N3CC4(CNC(=O)N4)C3)cc2C1. The number of thiophene rings is 1. The lowest BCUT2D eigenvalue weighted by Crippen LogP contribution is -2.69. The maximum absolute atomic E-state index is 12.7. The van der Waals surface area contributed by atoms with Gasteiger partial charge in [0.25, 0.3) is 5.91 Å². The maximum Gasteiger partial charge on any atom is 0.315 e. The van der Waals surface area contributed by atoms with Gasteiger partial charge in [-0.2, -0.15) is 0 Å². The molecule has 2 N–H and O–H groups in total. The number of hydrogen-bond donors (Lipinski definition) is 2. The number of aryl methyl sites for hydroxylation is 1. The minimum atomic E-state index is -0.226. The van der Waals surface area contributed by atoms with E-state index in [-0.39, 0.29) is 17.5 Å². The number of rotatable bonds is 3. The number of carbonyl (C=O) groups excluding carboxylic acids is 2. The monoisotopic (exact) mass is 333 g/mol. The summed E-state index contributed by atoms with van der Waals surface area (Å²) in [5.74, 6) is 0.917. The van der Waals surface area contributed by atoms with Gasteiger partial charge in [-0.15, -0.1) is 11.3 Å². The molecule has 0 bridgehead atoms. The summed E-state index contributed by atoms with van der Waals surface area (Å²) < 4.78 is 0. The van der Waals surface area contributed by atoms with E-state index in [1.807, 2.05) is 4.90 Å². The highest BCUT2D eigenvalue weighted by Gasteiger charge is 2.49. The number of hydrogen-bond acceptors (Lipinski definition) is 3. The molecule has 0 aromatic carbocycles. The van der Waals surface area contributed by atoms with Crippen LogP contribution in [0.25, 0.3) is 0 Å². The fourth-order valence-electron chi connectivity index (χ4n) is 4.11. The zero-order chi connectivity index (χ0) is 16.0. The molecule has 23 heavy (non-hydrogen) atoms. The molecule has 2 saturated heterocycles. The van der Waals surface area contributed by atoms with Crippen molar-refractivity contribution in [2.75, 3.05) is 19.6 Å². The van der Waals surface area contributed by atoms with E-state index in [2.05, 4.69) is 23.6 Å². The van der Waals surface area contributed by atoms with Gasteiger partial charge in [0, 0.05) is 24.5 Å². The Bertz CT molecular complexity index is 648. The number of likely N-dealkylation sites (tertiary alicyclic amines) is 1. The average molecular weight is 333 g/mol. The fraction of sp³-hybridized carbons (Fsp3) is 0.647. The lowest BCUT2D eigenvalue weighted by molar-refractivity contribution is 0.0402. The van der Waals surface area contributed by atoms with E-state index in [1.165, 1.54) is 29.7 Å². The van der Waals surface area contributed by atoms with Gasteiger partial charge in [-0.3, -0.25) is 4.79 Å². The minimum Gasteiger partial charge on any atom is -0.336 e. The molecule has 1 aromatic heterocycles. The van der Waals surface area contributed by atoms with E-state index >= 15 is 0 Å². The standard InChI is InChI=1S/C17H23N3O2S/c1-2-3-11-4-5-13-12(6-11)7-14(23-13)15(21)20-9-17(10-20)8-18-16(22)19-17/h7,11H,2-6,8-10H2,1H3,(H2,18,19,22). The van der Waals surface area contributed by atoms with E-state index in [9.17, 15) is 9.59 Å². The molecule has 5 nitrogen and oxygen atoms in total. The van der Waals surface area contributed by atoms with Gasteiger partial charge in [0.1, 0.15) is 0 Å². The third-order valence-corrected chi connectivity index (χ3v) is 6.56. The average Bonchev–Trinajstić information content (AvgIpc) is 3.08. The fourth-order valence-corrected chi connectivity index (χ4v) is 5.29. The molecule has 3 aliphatic rings. The second-order valence-electron chi connectivity index (χ2n) is 7.21. The smallest absolute Gasteiger partial charge is 0.315 e. The quantitative estimate of drug-likeness (QED) is 0.890. The van der Waals surface area contributed by atoms with Crippen LogP contribution in [0.1, 0.15) is 46.3 Å². The van der Waals surface area contributed by atoms with Crippen LogP contribution < -0.4 is 10.6 Å². The Balaban J connectivity index is 1.42. The lowest BCUT2D eigenvalue weighted by Gasteiger charge is -2.46. The van der Waals surface area contributed by atoms with Gasteiger partial charge in [0.05, 0.1) is 10.4 Å². The Morgan fingerprint density at radius 1 is 1.48 bits per heavy atom. The molecule has 0 radical (unpaired) electrons. The minimum absolute atomic E-state index is 0.120. The molecule has 1 aromatic rings. The van der Waals surface area contributed by atoms with Crippen molar-refractivity contribution >= 4 is 23.3 Å². The second-order valence-corrected chi connectivity index (χ2v) is 8.34. The molecule has 4 rings (SSSR count). The van der Waals surface area contributed by atoms with Crippen LogP contribution in [0.5, 0.6) is 0 Å². The first-order valence-electron chi connectivity index (χ1n) is 8.55. The van der Waals surface area contributed by atoms with Crippen LogP contribution in [0.15, 0.2) is 6.07 Å². The van der Waals surface area contributed by atoms with Gasteiger partial charge in [0.15, 0.2) is 0 Å². The topological polar surface area (TPSA) is 61.4 Å². The number of nitrogens with zero attached hydrogens (tertiary/aromatic N) is 1. The van der Waals surface area contributed by atoms with Crippen LogP contribution in [-0.2, 0) is 12.8 Å². The summed E-state index contributed by atoms with van der Waals surface area (Å²) in [6, 6.07) is 2.01. The van der Waals surface area contributed by atoms with Crippen molar-refractivity contribution in [1.29, 1.82) is 0 Å². The molecule has 1 aliphatic carbocycles. The van der Waals surface area contributed by atoms with Crippen LogP contribution in [-0.4, -0.2) is 42.0 Å². The summed E-state index contributed by atoms with van der Waals surface area (Å²) in [7, 11) is 0. The summed E-state index contributed by atoms with van der Waals surface area (Å²) in [6.07, 6.45) is 6.06. The highest BCUT2D eigenvalue weighted by Crippen LogP contribution is 2.35. The molecule has 6 heteroatoms. The van der Waals surface area contributed by atoms with Gasteiger partial charge in [0.2, 0.25) is 0 Å². The number of carbonyl (C=O) groups is 2. The van der Waals surface area contributed by atoms with Crippen LogP contribution >= 0.6 is 11.3 Å². The summed E-state index contributed by atoms with van der Waals surface area (Å²) in [5.41, 5.74) is 1.17. The normalized spacial score (nSPS) is 24.8. The third kappa shape index (κ3) is 2.63. The number of nitrogens with one attached hydrogen (secondary N) is 2. The Morgan fingerprint density at radius 2 is 2.30 bits per heavy atom. The van der Waals surface area contributed by atoms with Gasteiger partial charge >= 0.3 is 6.03 Å². The molecule has 3 heterocycles. The van der Waals surface area contributed by atoms with Crippen molar-refractivity contribution in [1.82, 2.24) is 15.5 Å². The number of urea groups is 1. The van der Waals surface area contributed by atoms with E-state index in [1.54, 1.807) is 11.3 Å². The first-order chi connectivity index (χ1) is 11.1. The summed E-state index contributed by atoms with van der Waals surface area (Å²) in [4.78, 5) is 28.1. The summed E-state index contributed by atoms with van der Waals surface area (Å²) in [6.45, 7) is 4.10. The molecule has 2 aliphatic heterocycles. The second kappa shape index (κ2) is 5.51. The van der Waals surface area contributed by atoms with Gasteiger partial charge in [-0.1, -0.05) is 19.8 Å². The van der Waals surface area contributed by atoms with Crippen molar-refractivity contribution in [2.24, 2.45) is 5.92 Å². The molecule has 3 amide bonds. The number of fused-ring (bicyclic) bond motifs is 1. The predicted molar refractivity (Wildman–Crippen MR) is 89.9 cm³/mol. The lowest BCUT2D eigenvalue weighted by atomic mass is 9.85. The van der Waals surface area contributed by atoms with Gasteiger partial charge in [-0.05, 0) is 36.8 Å². The first-order valence-corrected chi connectivity index (χ1v) is 9.37. The Kier molecular flexibility index (Phi) is 3.59. The Labute approximate surface area is 140 Å². The van der Waals surface area contributed by atoms with Crippen LogP contribution in [0.2, 0.25) is 0 Å². The zero-order valence-electron chi connectivity index (χ0n) is 13.5. The maximum atomic E-state index is 12.7. The molecule has 1 atom stereocenters. The predicted octanol–water partition coefficient (Wildman–Crippen LogP) is 2.16. The molecular formula is C17H23N3O2S. The van der Waals surface area contributed by atoms with E-state index < -0.39 is 0 Å². The van der Waals surface area contributed by atoms with Crippen molar-refractivity contribution in [2.45, 2.75) is 44.6 Å². The molecule has 1 spiro atoms. The van der Waals surface area contributed by atoms with Crippen molar-refractivity contribution in [3.8, 4) is 0 Å². The number of amides is 3. The van der Waals surface area contributed by atoms with Crippen molar-refractivity contribution in [3.05, 3.63) is 21.4 Å². The highest BCUT2D eigenvalue weighted by molar-refractivity contribution is 7.14. The Morgan fingerprint density at radius 3 is 3.00 bits per heavy atom. The van der Waals surface area contributed by atoms with Crippen LogP contribution in [0.4, 0.5) is 4.79 Å². The summed E-state index contributed by atoms with van der Waals surface area (Å²) in [5, 5.41) is 5.71. The van der Waals surface area contributed by atoms with E-state index in [0.29, 0.717) is 19.6 Å². The molecular weight excluding hydrogens is 310 g/mol. The Hall–Kier alpha value is -1.56. The van der Waals surface area contributed by atoms with Crippen molar-refractivity contribution < 1.29 is 9.59 Å². The van der Waals surface area contributed by atoms with Crippen LogP contribution in [0, 0.1) is 5.92 Å². The van der Waals surface area contributed by atoms with Crippen molar-refractivity contribution in [3.63, 3.8) is 0 Å². The third-order valence-electron chi connectivity index (χ3n) is 5.33. The molecule has 1 unspecified atom stereocenters. The van der Waals surface area contributed by atoms with Gasteiger partial charge in [-0.25, -0.2) is 4.79 Å². The van der Waals surface area contributed by atoms with E-state index in [4.69, 9.17) is 0 Å². The highest BCUT2D eigenvalue weighted by atomic mass is 32.1. The molecule has 124 valence electrons. The van der Waals surface area contributed by atoms with Gasteiger partial charge < -0.3 is 15.5 Å². The zero-order valence-corrected chi connectivity index (χ0v) is 14.3. The van der Waals surface area contributed by atoms with E-state index in [0.717, 1.165) is 23.6 Å². The first kappa shape index (κ1) is 15.0. The largest absolute Gasteiger partial charge is 0.336 e.